The van der Waals surface area contributed by atoms with E-state index in [4.69, 9.17) is 0 Å². The standard InChI is InChI=1S/C15H17F2N3O2/c16-11-3-1-4-12(17)14(11)13-9-20(19-18-13)8-10(21)7-15(22)5-2-6-15/h1,3-4,9-10,21-22H,2,5-8H2. The van der Waals surface area contributed by atoms with Crippen molar-refractivity contribution in [3.63, 3.8) is 0 Å². The molecule has 1 aliphatic rings. The summed E-state index contributed by atoms with van der Waals surface area (Å²) in [5, 5.41) is 27.5. The number of aliphatic hydroxyl groups is 2. The third kappa shape index (κ3) is 3.00. The minimum atomic E-state index is -0.791. The third-order valence-corrected chi connectivity index (χ3v) is 4.06. The maximum Gasteiger partial charge on any atom is 0.135 e. The van der Waals surface area contributed by atoms with Crippen molar-refractivity contribution in [1.82, 2.24) is 15.0 Å². The van der Waals surface area contributed by atoms with Crippen molar-refractivity contribution in [2.24, 2.45) is 0 Å². The van der Waals surface area contributed by atoms with Gasteiger partial charge in [-0.05, 0) is 31.4 Å². The quantitative estimate of drug-likeness (QED) is 0.885. The number of nitrogens with zero attached hydrogens (tertiary/aromatic N) is 3. The molecule has 0 bridgehead atoms. The van der Waals surface area contributed by atoms with Crippen LogP contribution in [0.1, 0.15) is 25.7 Å². The lowest BCUT2D eigenvalue weighted by molar-refractivity contribution is -0.0713. The second kappa shape index (κ2) is 5.73. The van der Waals surface area contributed by atoms with Crippen LogP contribution in [-0.2, 0) is 6.54 Å². The van der Waals surface area contributed by atoms with Gasteiger partial charge in [-0.25, -0.2) is 13.5 Å². The van der Waals surface area contributed by atoms with E-state index in [9.17, 15) is 19.0 Å². The molecule has 118 valence electrons. The van der Waals surface area contributed by atoms with Crippen molar-refractivity contribution in [2.75, 3.05) is 0 Å². The molecule has 3 rings (SSSR count). The summed E-state index contributed by atoms with van der Waals surface area (Å²) in [6.07, 6.45) is 3.19. The predicted octanol–water partition coefficient (Wildman–Crippen LogP) is 1.89. The monoisotopic (exact) mass is 309 g/mol. The lowest BCUT2D eigenvalue weighted by Gasteiger charge is -2.38. The lowest BCUT2D eigenvalue weighted by atomic mass is 9.76. The summed E-state index contributed by atoms with van der Waals surface area (Å²) in [5.41, 5.74) is -0.952. The first-order valence-electron chi connectivity index (χ1n) is 7.22. The first kappa shape index (κ1) is 15.1. The van der Waals surface area contributed by atoms with E-state index in [1.807, 2.05) is 0 Å². The highest BCUT2D eigenvalue weighted by atomic mass is 19.1. The molecule has 22 heavy (non-hydrogen) atoms. The SMILES string of the molecule is OC(Cn1cc(-c2c(F)cccc2F)nn1)CC1(O)CCC1. The molecule has 0 aliphatic heterocycles. The molecule has 1 heterocycles. The van der Waals surface area contributed by atoms with E-state index in [0.717, 1.165) is 18.6 Å². The number of hydrogen-bond acceptors (Lipinski definition) is 4. The Hall–Kier alpha value is -1.86. The highest BCUT2D eigenvalue weighted by Gasteiger charge is 2.36. The normalized spacial score (nSPS) is 18.0. The van der Waals surface area contributed by atoms with E-state index in [-0.39, 0.29) is 24.2 Å². The van der Waals surface area contributed by atoms with Gasteiger partial charge in [-0.1, -0.05) is 11.3 Å². The zero-order valence-electron chi connectivity index (χ0n) is 11.9. The van der Waals surface area contributed by atoms with E-state index in [1.165, 1.54) is 16.9 Å². The summed E-state index contributed by atoms with van der Waals surface area (Å²) in [6.45, 7) is 0.116. The number of aliphatic hydroxyl groups excluding tert-OH is 1. The minimum Gasteiger partial charge on any atom is -0.391 e. The Labute approximate surface area is 126 Å². The van der Waals surface area contributed by atoms with Crippen LogP contribution in [0, 0.1) is 11.6 Å². The summed E-state index contributed by atoms with van der Waals surface area (Å²) in [4.78, 5) is 0. The third-order valence-electron chi connectivity index (χ3n) is 4.06. The smallest absolute Gasteiger partial charge is 0.135 e. The largest absolute Gasteiger partial charge is 0.391 e. The van der Waals surface area contributed by atoms with Crippen molar-refractivity contribution in [2.45, 2.75) is 43.9 Å². The Morgan fingerprint density at radius 1 is 1.27 bits per heavy atom. The van der Waals surface area contributed by atoms with E-state index in [1.54, 1.807) is 0 Å². The van der Waals surface area contributed by atoms with Gasteiger partial charge in [-0.3, -0.25) is 0 Å². The molecule has 2 aromatic rings. The molecular weight excluding hydrogens is 292 g/mol. The van der Waals surface area contributed by atoms with Crippen molar-refractivity contribution in [1.29, 1.82) is 0 Å². The van der Waals surface area contributed by atoms with Gasteiger partial charge in [0.05, 0.1) is 30.0 Å². The minimum absolute atomic E-state index is 0.0742. The lowest BCUT2D eigenvalue weighted by Crippen LogP contribution is -2.41. The molecule has 2 N–H and O–H groups in total. The topological polar surface area (TPSA) is 71.2 Å². The highest BCUT2D eigenvalue weighted by molar-refractivity contribution is 5.59. The van der Waals surface area contributed by atoms with E-state index < -0.39 is 23.3 Å². The molecule has 1 aliphatic carbocycles. The van der Waals surface area contributed by atoms with Gasteiger partial charge in [-0.2, -0.15) is 0 Å². The van der Waals surface area contributed by atoms with Crippen molar-refractivity contribution < 1.29 is 19.0 Å². The number of rotatable bonds is 5. The zero-order chi connectivity index (χ0) is 15.7. The van der Waals surface area contributed by atoms with Crippen LogP contribution < -0.4 is 0 Å². The van der Waals surface area contributed by atoms with Crippen LogP contribution in [0.2, 0.25) is 0 Å². The molecule has 1 fully saturated rings. The second-order valence-electron chi connectivity index (χ2n) is 5.86. The maximum atomic E-state index is 13.7. The average molecular weight is 309 g/mol. The fourth-order valence-corrected chi connectivity index (χ4v) is 2.75. The van der Waals surface area contributed by atoms with Crippen LogP contribution in [0.3, 0.4) is 0 Å². The highest BCUT2D eigenvalue weighted by Crippen LogP contribution is 2.35. The molecule has 0 radical (unpaired) electrons. The Morgan fingerprint density at radius 3 is 2.55 bits per heavy atom. The summed E-state index contributed by atoms with van der Waals surface area (Å²) >= 11 is 0. The Kier molecular flexibility index (Phi) is 3.92. The van der Waals surface area contributed by atoms with Gasteiger partial charge in [0, 0.05) is 6.42 Å². The molecule has 1 aromatic carbocycles. The predicted molar refractivity (Wildman–Crippen MR) is 74.8 cm³/mol. The summed E-state index contributed by atoms with van der Waals surface area (Å²) in [6, 6.07) is 3.58. The fourth-order valence-electron chi connectivity index (χ4n) is 2.75. The van der Waals surface area contributed by atoms with Crippen LogP contribution in [0.15, 0.2) is 24.4 Å². The van der Waals surface area contributed by atoms with Crippen molar-refractivity contribution in [3.05, 3.63) is 36.0 Å². The number of halogens is 2. The zero-order valence-corrected chi connectivity index (χ0v) is 11.9. The van der Waals surface area contributed by atoms with Crippen LogP contribution in [0.25, 0.3) is 11.3 Å². The molecule has 0 spiro atoms. The van der Waals surface area contributed by atoms with Crippen LogP contribution >= 0.6 is 0 Å². The molecule has 7 heteroatoms. The van der Waals surface area contributed by atoms with Gasteiger partial charge in [0.2, 0.25) is 0 Å². The molecule has 5 nitrogen and oxygen atoms in total. The van der Waals surface area contributed by atoms with Crippen LogP contribution in [-0.4, -0.2) is 36.9 Å². The van der Waals surface area contributed by atoms with Gasteiger partial charge >= 0.3 is 0 Å². The number of hydrogen-bond donors (Lipinski definition) is 2. The maximum absolute atomic E-state index is 13.7. The molecule has 1 atom stereocenters. The van der Waals surface area contributed by atoms with Crippen LogP contribution in [0.5, 0.6) is 0 Å². The first-order chi connectivity index (χ1) is 10.5. The number of aromatic nitrogens is 3. The second-order valence-corrected chi connectivity index (χ2v) is 5.86. The Balaban J connectivity index is 1.71. The molecule has 0 saturated heterocycles. The van der Waals surface area contributed by atoms with Gasteiger partial charge in [-0.15, -0.1) is 5.10 Å². The summed E-state index contributed by atoms with van der Waals surface area (Å²) in [7, 11) is 0. The van der Waals surface area contributed by atoms with E-state index in [2.05, 4.69) is 10.3 Å². The Morgan fingerprint density at radius 2 is 1.95 bits per heavy atom. The summed E-state index contributed by atoms with van der Waals surface area (Å²) < 4.78 is 28.7. The van der Waals surface area contributed by atoms with Gasteiger partial charge in [0.25, 0.3) is 0 Å². The Bertz CT molecular complexity index is 650. The fraction of sp³-hybridized carbons (Fsp3) is 0.467. The van der Waals surface area contributed by atoms with Gasteiger partial charge < -0.3 is 10.2 Å². The van der Waals surface area contributed by atoms with Crippen molar-refractivity contribution >= 4 is 0 Å². The van der Waals surface area contributed by atoms with Gasteiger partial charge in [0.1, 0.15) is 17.3 Å². The first-order valence-corrected chi connectivity index (χ1v) is 7.22. The molecule has 1 aromatic heterocycles. The summed E-state index contributed by atoms with van der Waals surface area (Å²) in [5.74, 6) is -1.42. The molecular formula is C15H17F2N3O2. The molecule has 0 amide bonds. The van der Waals surface area contributed by atoms with Gasteiger partial charge in [0.15, 0.2) is 0 Å². The molecule has 1 unspecified atom stereocenters. The number of benzene rings is 1. The van der Waals surface area contributed by atoms with Crippen LogP contribution in [0.4, 0.5) is 8.78 Å². The van der Waals surface area contributed by atoms with Crippen molar-refractivity contribution in [3.8, 4) is 11.3 Å². The van der Waals surface area contributed by atoms with E-state index >= 15 is 0 Å². The molecule has 1 saturated carbocycles. The average Bonchev–Trinajstić information content (AvgIpc) is 2.84. The van der Waals surface area contributed by atoms with E-state index in [0.29, 0.717) is 12.8 Å².